The Labute approximate surface area is 86.9 Å². The molecule has 1 unspecified atom stereocenters. The Bertz CT molecular complexity index is 270. The molecular weight excluding hydrogens is 173 g/mol. The molecule has 1 aliphatic rings. The van der Waals surface area contributed by atoms with Crippen molar-refractivity contribution >= 4 is 13.6 Å². The highest BCUT2D eigenvalue weighted by molar-refractivity contribution is 6.62. The maximum absolute atomic E-state index is 5.91. The molecule has 14 heavy (non-hydrogen) atoms. The molecule has 76 valence electrons. The molecule has 0 aliphatic carbocycles. The minimum Gasteiger partial charge on any atom is -0.426 e. The average molecular weight is 191 g/mol. The van der Waals surface area contributed by atoms with Gasteiger partial charge in [0, 0.05) is 11.8 Å². The zero-order valence-corrected chi connectivity index (χ0v) is 9.29. The van der Waals surface area contributed by atoms with Crippen LogP contribution in [0.15, 0.2) is 29.3 Å². The summed E-state index contributed by atoms with van der Waals surface area (Å²) in [6.07, 6.45) is 4.56. The summed E-state index contributed by atoms with van der Waals surface area (Å²) in [5.41, 5.74) is 0.943. The first kappa shape index (κ1) is 11.3. The molecule has 0 aromatic carbocycles. The number of nitrogens with zero attached hydrogens (tertiary/aromatic N) is 1. The van der Waals surface area contributed by atoms with Crippen LogP contribution in [0.3, 0.4) is 0 Å². The topological polar surface area (TPSA) is 21.6 Å². The molecule has 0 bridgehead atoms. The van der Waals surface area contributed by atoms with Crippen LogP contribution < -0.4 is 0 Å². The normalized spacial score (nSPS) is 25.6. The van der Waals surface area contributed by atoms with E-state index < -0.39 is 0 Å². The van der Waals surface area contributed by atoms with E-state index in [2.05, 4.69) is 39.1 Å². The number of aliphatic imine (C=N–C) groups is 1. The predicted molar refractivity (Wildman–Crippen MR) is 62.7 cm³/mol. The Kier molecular flexibility index (Phi) is 3.32. The summed E-state index contributed by atoms with van der Waals surface area (Å²) < 4.78 is 5.91. The third kappa shape index (κ3) is 2.35. The highest BCUT2D eigenvalue weighted by Gasteiger charge is 2.41. The van der Waals surface area contributed by atoms with Crippen molar-refractivity contribution in [3.05, 3.63) is 24.3 Å². The van der Waals surface area contributed by atoms with E-state index in [4.69, 9.17) is 4.65 Å². The third-order valence-corrected chi connectivity index (χ3v) is 3.01. The fraction of sp³-hybridized carbons (Fsp3) is 0.545. The minimum absolute atomic E-state index is 0.0386. The molecule has 1 fully saturated rings. The molecule has 3 heteroatoms. The average Bonchev–Trinajstić information content (AvgIpc) is 2.37. The van der Waals surface area contributed by atoms with Gasteiger partial charge in [-0.15, -0.1) is 6.58 Å². The summed E-state index contributed by atoms with van der Waals surface area (Å²) in [6, 6.07) is 0. The van der Waals surface area contributed by atoms with Gasteiger partial charge in [-0.05, 0) is 38.9 Å². The van der Waals surface area contributed by atoms with Gasteiger partial charge in [0.1, 0.15) is 0 Å². The Balaban J connectivity index is 2.62. The Morgan fingerprint density at radius 3 is 2.71 bits per heavy atom. The summed E-state index contributed by atoms with van der Waals surface area (Å²) in [4.78, 5) is 3.66. The Morgan fingerprint density at radius 2 is 2.29 bits per heavy atom. The van der Waals surface area contributed by atoms with Crippen LogP contribution >= 0.6 is 0 Å². The molecule has 2 nitrogen and oxygen atoms in total. The van der Waals surface area contributed by atoms with Crippen LogP contribution in [0, 0.1) is 5.92 Å². The van der Waals surface area contributed by atoms with Crippen LogP contribution in [-0.2, 0) is 4.65 Å². The van der Waals surface area contributed by atoms with Gasteiger partial charge in [-0.25, -0.2) is 0 Å². The number of hydrogen-bond acceptors (Lipinski definition) is 2. The summed E-state index contributed by atoms with van der Waals surface area (Å²) >= 11 is 0. The molecule has 1 aliphatic heterocycles. The zero-order valence-electron chi connectivity index (χ0n) is 9.29. The summed E-state index contributed by atoms with van der Waals surface area (Å²) in [5, 5.41) is 0. The van der Waals surface area contributed by atoms with Crippen LogP contribution in [0.1, 0.15) is 20.8 Å². The van der Waals surface area contributed by atoms with Gasteiger partial charge in [-0.2, -0.15) is 0 Å². The van der Waals surface area contributed by atoms with Crippen molar-refractivity contribution in [1.29, 1.82) is 0 Å². The Morgan fingerprint density at radius 1 is 1.64 bits per heavy atom. The monoisotopic (exact) mass is 191 g/mol. The van der Waals surface area contributed by atoms with Crippen LogP contribution in [0.5, 0.6) is 0 Å². The fourth-order valence-electron chi connectivity index (χ4n) is 1.62. The second-order valence-electron chi connectivity index (χ2n) is 4.42. The van der Waals surface area contributed by atoms with Gasteiger partial charge in [-0.3, -0.25) is 4.99 Å². The second kappa shape index (κ2) is 4.14. The number of hydrogen-bond donors (Lipinski definition) is 0. The van der Waals surface area contributed by atoms with Gasteiger partial charge >= 0.3 is 6.92 Å². The molecule has 1 atom stereocenters. The molecule has 1 saturated heterocycles. The minimum atomic E-state index is -0.0386. The van der Waals surface area contributed by atoms with Crippen LogP contribution in [0.25, 0.3) is 0 Å². The number of rotatable bonds is 3. The molecule has 0 radical (unpaired) electrons. The third-order valence-electron chi connectivity index (χ3n) is 3.01. The lowest BCUT2D eigenvalue weighted by Gasteiger charge is -2.24. The molecule has 0 spiro atoms. The van der Waals surface area contributed by atoms with Gasteiger partial charge in [0.15, 0.2) is 0 Å². The molecule has 0 N–H and O–H groups in total. The van der Waals surface area contributed by atoms with Crippen LogP contribution in [0.4, 0.5) is 0 Å². The first-order chi connectivity index (χ1) is 6.47. The largest absolute Gasteiger partial charge is 0.426 e. The molecule has 1 rings (SSSR count). The van der Waals surface area contributed by atoms with Crippen molar-refractivity contribution in [3.63, 3.8) is 0 Å². The van der Waals surface area contributed by atoms with Crippen molar-refractivity contribution < 1.29 is 4.65 Å². The predicted octanol–water partition coefficient (Wildman–Crippen LogP) is 2.73. The van der Waals surface area contributed by atoms with Gasteiger partial charge in [0.2, 0.25) is 0 Å². The smallest absolute Gasteiger partial charge is 0.327 e. The summed E-state index contributed by atoms with van der Waals surface area (Å²) in [7, 11) is 0. The van der Waals surface area contributed by atoms with Gasteiger partial charge in [-0.1, -0.05) is 12.4 Å². The Hall–Kier alpha value is -0.825. The molecule has 0 amide bonds. The first-order valence-electron chi connectivity index (χ1n) is 4.96. The number of allylic oxidation sites excluding steroid dienone is 2. The van der Waals surface area contributed by atoms with Crippen molar-refractivity contribution in [2.45, 2.75) is 32.7 Å². The SMILES string of the molecule is C=NC=CC(=C)B1CC(C)C(C)(C)O1. The maximum Gasteiger partial charge on any atom is 0.327 e. The van der Waals surface area contributed by atoms with E-state index in [-0.39, 0.29) is 12.5 Å². The fourth-order valence-corrected chi connectivity index (χ4v) is 1.62. The lowest BCUT2D eigenvalue weighted by atomic mass is 9.57. The van der Waals surface area contributed by atoms with Crippen LogP contribution in [-0.4, -0.2) is 19.2 Å². The van der Waals surface area contributed by atoms with Crippen molar-refractivity contribution in [2.24, 2.45) is 10.9 Å². The molecule has 0 aromatic heterocycles. The van der Waals surface area contributed by atoms with E-state index >= 15 is 0 Å². The van der Waals surface area contributed by atoms with E-state index in [1.165, 1.54) is 0 Å². The van der Waals surface area contributed by atoms with Gasteiger partial charge in [0.25, 0.3) is 0 Å². The quantitative estimate of drug-likeness (QED) is 0.381. The summed E-state index contributed by atoms with van der Waals surface area (Å²) in [5.74, 6) is 0.564. The van der Waals surface area contributed by atoms with Gasteiger partial charge < -0.3 is 4.65 Å². The molecule has 1 heterocycles. The highest BCUT2D eigenvalue weighted by Crippen LogP contribution is 2.36. The van der Waals surface area contributed by atoms with E-state index in [1.807, 2.05) is 6.08 Å². The van der Waals surface area contributed by atoms with E-state index in [9.17, 15) is 0 Å². The van der Waals surface area contributed by atoms with E-state index in [0.717, 1.165) is 11.8 Å². The molecule has 0 aromatic rings. The summed E-state index contributed by atoms with van der Waals surface area (Å²) in [6.45, 7) is 14.0. The lowest BCUT2D eigenvalue weighted by molar-refractivity contribution is 0.0945. The standard InChI is InChI=1S/C11H18BNO/c1-9-8-12(14-11(9,3)4)10(2)6-7-13-5/h6-7,9H,2,5,8H2,1,3-4H3. The second-order valence-corrected chi connectivity index (χ2v) is 4.42. The van der Waals surface area contributed by atoms with Crippen molar-refractivity contribution in [1.82, 2.24) is 0 Å². The zero-order chi connectivity index (χ0) is 10.8. The van der Waals surface area contributed by atoms with Crippen LogP contribution in [0.2, 0.25) is 6.32 Å². The maximum atomic E-state index is 5.91. The first-order valence-corrected chi connectivity index (χ1v) is 4.96. The van der Waals surface area contributed by atoms with Gasteiger partial charge in [0.05, 0.1) is 0 Å². The van der Waals surface area contributed by atoms with Crippen molar-refractivity contribution in [2.75, 3.05) is 0 Å². The molecular formula is C11H18BNO. The lowest BCUT2D eigenvalue weighted by Crippen LogP contribution is -2.27. The van der Waals surface area contributed by atoms with Crippen molar-refractivity contribution in [3.8, 4) is 0 Å². The highest BCUT2D eigenvalue weighted by atomic mass is 16.5. The van der Waals surface area contributed by atoms with E-state index in [0.29, 0.717) is 5.92 Å². The van der Waals surface area contributed by atoms with E-state index in [1.54, 1.807) is 6.20 Å². The molecule has 0 saturated carbocycles.